The number of rotatable bonds is 5. The fraction of sp³-hybridized carbons (Fsp3) is 0.368. The van der Waals surface area contributed by atoms with E-state index in [2.05, 4.69) is 18.3 Å². The smallest absolute Gasteiger partial charge is 0.264 e. The predicted octanol–water partition coefficient (Wildman–Crippen LogP) is 4.66. The van der Waals surface area contributed by atoms with E-state index in [1.165, 1.54) is 4.70 Å². The fourth-order valence-corrected chi connectivity index (χ4v) is 5.27. The van der Waals surface area contributed by atoms with Gasteiger partial charge in [0.1, 0.15) is 5.01 Å². The molecular formula is C19H22ClN3OS2. The van der Waals surface area contributed by atoms with Gasteiger partial charge in [0.05, 0.1) is 20.0 Å². The molecule has 4 nitrogen and oxygen atoms in total. The Morgan fingerprint density at radius 3 is 2.85 bits per heavy atom. The average molecular weight is 408 g/mol. The topological polar surface area (TPSA) is 45.2 Å². The Kier molecular flexibility index (Phi) is 6.29. The van der Waals surface area contributed by atoms with Crippen LogP contribution >= 0.6 is 35.1 Å². The third kappa shape index (κ3) is 3.78. The van der Waals surface area contributed by atoms with E-state index in [1.54, 1.807) is 22.7 Å². The molecule has 1 N–H and O–H groups in total. The maximum absolute atomic E-state index is 13.0. The lowest BCUT2D eigenvalue weighted by Crippen LogP contribution is -2.41. The Hall–Kier alpha value is -1.47. The number of halogens is 1. The van der Waals surface area contributed by atoms with E-state index in [9.17, 15) is 4.79 Å². The number of carbonyl (C=O) groups is 1. The first-order valence-electron chi connectivity index (χ1n) is 8.73. The summed E-state index contributed by atoms with van der Waals surface area (Å²) in [6, 6.07) is 12.5. The summed E-state index contributed by atoms with van der Waals surface area (Å²) in [4.78, 5) is 21.7. The van der Waals surface area contributed by atoms with Crippen molar-refractivity contribution < 1.29 is 4.79 Å². The van der Waals surface area contributed by atoms with Crippen molar-refractivity contribution >= 4 is 51.2 Å². The molecule has 138 valence electrons. The second kappa shape index (κ2) is 8.48. The van der Waals surface area contributed by atoms with E-state index in [0.29, 0.717) is 6.04 Å². The van der Waals surface area contributed by atoms with E-state index in [1.807, 2.05) is 35.2 Å². The number of hydrogen-bond acceptors (Lipinski definition) is 5. The van der Waals surface area contributed by atoms with Crippen LogP contribution < -0.4 is 5.32 Å². The molecule has 1 aliphatic heterocycles. The number of amides is 1. The van der Waals surface area contributed by atoms with Crippen molar-refractivity contribution in [3.05, 3.63) is 41.3 Å². The number of thiophene rings is 1. The summed E-state index contributed by atoms with van der Waals surface area (Å²) in [5.41, 5.74) is 1.02. The first-order valence-corrected chi connectivity index (χ1v) is 10.4. The Labute approximate surface area is 167 Å². The number of fused-ring (bicyclic) bond motifs is 1. The van der Waals surface area contributed by atoms with Crippen molar-refractivity contribution in [3.8, 4) is 9.88 Å². The van der Waals surface area contributed by atoms with E-state index >= 15 is 0 Å². The largest absolute Gasteiger partial charge is 0.334 e. The molecule has 1 atom stereocenters. The number of benzene rings is 1. The van der Waals surface area contributed by atoms with Gasteiger partial charge in [-0.3, -0.25) is 4.79 Å². The van der Waals surface area contributed by atoms with Gasteiger partial charge in [0, 0.05) is 19.1 Å². The highest BCUT2D eigenvalue weighted by atomic mass is 35.5. The van der Waals surface area contributed by atoms with Crippen LogP contribution in [0.5, 0.6) is 0 Å². The van der Waals surface area contributed by atoms with Crippen molar-refractivity contribution in [2.24, 2.45) is 0 Å². The third-order valence-corrected chi connectivity index (χ3v) is 6.80. The fourth-order valence-electron chi connectivity index (χ4n) is 3.28. The number of thiazole rings is 1. The second-order valence-corrected chi connectivity index (χ2v) is 8.41. The summed E-state index contributed by atoms with van der Waals surface area (Å²) in [6.07, 6.45) is 2.03. The van der Waals surface area contributed by atoms with Gasteiger partial charge in [-0.25, -0.2) is 4.98 Å². The Balaban J connectivity index is 0.00000196. The van der Waals surface area contributed by atoms with Crippen LogP contribution in [0.2, 0.25) is 0 Å². The number of carbonyl (C=O) groups excluding carboxylic acids is 1. The molecule has 7 heteroatoms. The van der Waals surface area contributed by atoms with Crippen LogP contribution in [-0.4, -0.2) is 41.5 Å². The predicted molar refractivity (Wildman–Crippen MR) is 113 cm³/mol. The molecule has 1 saturated heterocycles. The lowest BCUT2D eigenvalue weighted by atomic mass is 10.2. The van der Waals surface area contributed by atoms with Gasteiger partial charge in [-0.05, 0) is 43.7 Å². The van der Waals surface area contributed by atoms with Gasteiger partial charge in [-0.15, -0.1) is 35.1 Å². The van der Waals surface area contributed by atoms with Gasteiger partial charge in [0.15, 0.2) is 0 Å². The molecule has 1 aliphatic rings. The van der Waals surface area contributed by atoms with Crippen molar-refractivity contribution in [2.45, 2.75) is 25.8 Å². The highest BCUT2D eigenvalue weighted by Crippen LogP contribution is 2.35. The SMILES string of the molecule is CCCN(C(=O)c1ccc(-c2nc3ccccc3s2)s1)C1CCNC1.Cl. The second-order valence-electron chi connectivity index (χ2n) is 6.30. The average Bonchev–Trinajstić information content (AvgIpc) is 3.38. The standard InChI is InChI=1S/C19H21N3OS2.ClH/c1-2-11-22(13-9-10-20-12-13)19(23)17-8-7-16(24-17)18-21-14-5-3-4-6-15(14)25-18;/h3-8,13,20H,2,9-12H2,1H3;1H. The molecule has 0 aliphatic carbocycles. The molecule has 26 heavy (non-hydrogen) atoms. The highest BCUT2D eigenvalue weighted by molar-refractivity contribution is 7.26. The van der Waals surface area contributed by atoms with Gasteiger partial charge in [-0.1, -0.05) is 19.1 Å². The summed E-state index contributed by atoms with van der Waals surface area (Å²) in [6.45, 7) is 4.85. The van der Waals surface area contributed by atoms with Crippen LogP contribution in [0.4, 0.5) is 0 Å². The summed E-state index contributed by atoms with van der Waals surface area (Å²) < 4.78 is 1.18. The molecular weight excluding hydrogens is 386 g/mol. The van der Waals surface area contributed by atoms with E-state index in [4.69, 9.17) is 4.98 Å². The van der Waals surface area contributed by atoms with Gasteiger partial charge >= 0.3 is 0 Å². The summed E-state index contributed by atoms with van der Waals surface area (Å²) in [5.74, 6) is 0.160. The van der Waals surface area contributed by atoms with E-state index < -0.39 is 0 Å². The van der Waals surface area contributed by atoms with Gasteiger partial charge in [-0.2, -0.15) is 0 Å². The molecule has 4 rings (SSSR count). The molecule has 1 aromatic carbocycles. The van der Waals surface area contributed by atoms with Crippen LogP contribution in [0.25, 0.3) is 20.1 Å². The van der Waals surface area contributed by atoms with E-state index in [-0.39, 0.29) is 18.3 Å². The van der Waals surface area contributed by atoms with Crippen LogP contribution in [-0.2, 0) is 0 Å². The zero-order valence-corrected chi connectivity index (χ0v) is 17.1. The molecule has 0 radical (unpaired) electrons. The number of nitrogens with one attached hydrogen (secondary N) is 1. The molecule has 0 saturated carbocycles. The van der Waals surface area contributed by atoms with Crippen molar-refractivity contribution in [1.82, 2.24) is 15.2 Å². The monoisotopic (exact) mass is 407 g/mol. The molecule has 2 aromatic heterocycles. The first kappa shape index (κ1) is 19.3. The third-order valence-electron chi connectivity index (χ3n) is 4.52. The highest BCUT2D eigenvalue weighted by Gasteiger charge is 2.27. The lowest BCUT2D eigenvalue weighted by Gasteiger charge is -2.27. The Bertz CT molecular complexity index is 853. The number of hydrogen-bond donors (Lipinski definition) is 1. The molecule has 1 amide bonds. The van der Waals surface area contributed by atoms with Gasteiger partial charge < -0.3 is 10.2 Å². The number of para-hydroxylation sites is 1. The van der Waals surface area contributed by atoms with Crippen molar-refractivity contribution in [1.29, 1.82) is 0 Å². The quantitative estimate of drug-likeness (QED) is 0.668. The molecule has 3 heterocycles. The van der Waals surface area contributed by atoms with Crippen LogP contribution in [0.15, 0.2) is 36.4 Å². The molecule has 0 spiro atoms. The van der Waals surface area contributed by atoms with Gasteiger partial charge in [0.25, 0.3) is 5.91 Å². The van der Waals surface area contributed by atoms with E-state index in [0.717, 1.165) is 52.8 Å². The molecule has 1 fully saturated rings. The van der Waals surface area contributed by atoms with Crippen LogP contribution in [0.3, 0.4) is 0 Å². The summed E-state index contributed by atoms with van der Waals surface area (Å²) >= 11 is 3.24. The minimum atomic E-state index is 0. The summed E-state index contributed by atoms with van der Waals surface area (Å²) in [7, 11) is 0. The summed E-state index contributed by atoms with van der Waals surface area (Å²) in [5, 5.41) is 4.36. The molecule has 1 unspecified atom stereocenters. The van der Waals surface area contributed by atoms with Crippen LogP contribution in [0.1, 0.15) is 29.4 Å². The van der Waals surface area contributed by atoms with Crippen molar-refractivity contribution in [3.63, 3.8) is 0 Å². The number of nitrogens with zero attached hydrogens (tertiary/aromatic N) is 2. The number of aromatic nitrogens is 1. The Morgan fingerprint density at radius 2 is 2.12 bits per heavy atom. The Morgan fingerprint density at radius 1 is 1.27 bits per heavy atom. The normalized spacial score (nSPS) is 16.6. The lowest BCUT2D eigenvalue weighted by molar-refractivity contribution is 0.0697. The maximum Gasteiger partial charge on any atom is 0.264 e. The molecule has 0 bridgehead atoms. The molecule has 3 aromatic rings. The minimum absolute atomic E-state index is 0. The minimum Gasteiger partial charge on any atom is -0.334 e. The zero-order chi connectivity index (χ0) is 17.2. The van der Waals surface area contributed by atoms with Crippen molar-refractivity contribution in [2.75, 3.05) is 19.6 Å². The zero-order valence-electron chi connectivity index (χ0n) is 14.6. The maximum atomic E-state index is 13.0. The first-order chi connectivity index (χ1) is 12.3. The van der Waals surface area contributed by atoms with Crippen LogP contribution in [0, 0.1) is 0 Å². The van der Waals surface area contributed by atoms with Gasteiger partial charge in [0.2, 0.25) is 0 Å².